The zero-order valence-electron chi connectivity index (χ0n) is 7.25. The first-order valence-electron chi connectivity index (χ1n) is 3.95. The summed E-state index contributed by atoms with van der Waals surface area (Å²) in [6, 6.07) is 2.01. The van der Waals surface area contributed by atoms with Crippen LogP contribution in [0.1, 0.15) is 5.69 Å². The van der Waals surface area contributed by atoms with E-state index in [4.69, 9.17) is 6.42 Å². The minimum atomic E-state index is 0.632. The summed E-state index contributed by atoms with van der Waals surface area (Å²) >= 11 is 0. The van der Waals surface area contributed by atoms with Gasteiger partial charge in [-0.2, -0.15) is 5.10 Å². The van der Waals surface area contributed by atoms with Crippen molar-refractivity contribution in [3.63, 3.8) is 0 Å². The standard InChI is InChI=1S/C9H13N3/c1-3-6-10-7-4-9-5-8-12(2)11-9/h1,5,8,10H,4,6-7H2,2H3. The molecule has 0 unspecified atom stereocenters. The summed E-state index contributed by atoms with van der Waals surface area (Å²) < 4.78 is 1.80. The van der Waals surface area contributed by atoms with E-state index in [1.807, 2.05) is 19.3 Å². The van der Waals surface area contributed by atoms with Crippen LogP contribution < -0.4 is 5.32 Å². The Balaban J connectivity index is 2.21. The van der Waals surface area contributed by atoms with Gasteiger partial charge in [0.15, 0.2) is 0 Å². The molecule has 0 fully saturated rings. The van der Waals surface area contributed by atoms with Gasteiger partial charge in [0.2, 0.25) is 0 Å². The van der Waals surface area contributed by atoms with E-state index in [0.717, 1.165) is 18.7 Å². The van der Waals surface area contributed by atoms with Gasteiger partial charge in [0.25, 0.3) is 0 Å². The molecule has 0 bridgehead atoms. The van der Waals surface area contributed by atoms with E-state index < -0.39 is 0 Å². The lowest BCUT2D eigenvalue weighted by Gasteiger charge is -1.96. The highest BCUT2D eigenvalue weighted by Crippen LogP contribution is 1.93. The number of terminal acetylenes is 1. The average Bonchev–Trinajstić information content (AvgIpc) is 2.45. The van der Waals surface area contributed by atoms with Gasteiger partial charge in [-0.1, -0.05) is 5.92 Å². The Bertz CT molecular complexity index is 270. The van der Waals surface area contributed by atoms with Crippen molar-refractivity contribution >= 4 is 0 Å². The molecule has 0 aliphatic heterocycles. The summed E-state index contributed by atoms with van der Waals surface area (Å²) in [7, 11) is 1.92. The molecule has 12 heavy (non-hydrogen) atoms. The second-order valence-electron chi connectivity index (χ2n) is 2.61. The van der Waals surface area contributed by atoms with E-state index in [1.54, 1.807) is 4.68 Å². The molecule has 1 heterocycles. The summed E-state index contributed by atoms with van der Waals surface area (Å²) in [5.74, 6) is 2.52. The first-order chi connectivity index (χ1) is 5.83. The third-order valence-electron chi connectivity index (χ3n) is 1.55. The Labute approximate surface area is 72.8 Å². The Morgan fingerprint density at radius 2 is 2.58 bits per heavy atom. The van der Waals surface area contributed by atoms with Crippen LogP contribution in [-0.2, 0) is 13.5 Å². The molecule has 1 rings (SSSR count). The molecular weight excluding hydrogens is 150 g/mol. The van der Waals surface area contributed by atoms with Gasteiger partial charge >= 0.3 is 0 Å². The molecule has 3 heteroatoms. The van der Waals surface area contributed by atoms with E-state index in [0.29, 0.717) is 6.54 Å². The van der Waals surface area contributed by atoms with E-state index in [9.17, 15) is 0 Å². The molecule has 0 aromatic carbocycles. The lowest BCUT2D eigenvalue weighted by atomic mass is 10.3. The molecule has 0 radical (unpaired) electrons. The molecule has 0 atom stereocenters. The Morgan fingerprint density at radius 3 is 3.17 bits per heavy atom. The average molecular weight is 163 g/mol. The van der Waals surface area contributed by atoms with Gasteiger partial charge in [-0.3, -0.25) is 4.68 Å². The molecule has 0 amide bonds. The van der Waals surface area contributed by atoms with Gasteiger partial charge in [-0.25, -0.2) is 0 Å². The molecule has 0 aliphatic carbocycles. The van der Waals surface area contributed by atoms with Crippen LogP contribution in [0.15, 0.2) is 12.3 Å². The fraction of sp³-hybridized carbons (Fsp3) is 0.444. The fourth-order valence-corrected chi connectivity index (χ4v) is 0.974. The first-order valence-corrected chi connectivity index (χ1v) is 3.95. The monoisotopic (exact) mass is 163 g/mol. The van der Waals surface area contributed by atoms with Gasteiger partial charge in [0.1, 0.15) is 0 Å². The Morgan fingerprint density at radius 1 is 1.75 bits per heavy atom. The molecule has 0 saturated heterocycles. The van der Waals surface area contributed by atoms with E-state index >= 15 is 0 Å². The molecule has 0 aliphatic rings. The quantitative estimate of drug-likeness (QED) is 0.507. The molecule has 64 valence electrons. The number of aromatic nitrogens is 2. The zero-order valence-corrected chi connectivity index (χ0v) is 7.25. The number of rotatable bonds is 4. The van der Waals surface area contributed by atoms with Gasteiger partial charge in [-0.15, -0.1) is 6.42 Å². The maximum atomic E-state index is 5.08. The van der Waals surface area contributed by atoms with Crippen LogP contribution >= 0.6 is 0 Å². The summed E-state index contributed by atoms with van der Waals surface area (Å²) in [6.07, 6.45) is 7.95. The molecule has 0 spiro atoms. The van der Waals surface area contributed by atoms with Crippen molar-refractivity contribution in [3.8, 4) is 12.3 Å². The number of nitrogens with one attached hydrogen (secondary N) is 1. The van der Waals surface area contributed by atoms with Crippen molar-refractivity contribution in [3.05, 3.63) is 18.0 Å². The highest BCUT2D eigenvalue weighted by atomic mass is 15.2. The fourth-order valence-electron chi connectivity index (χ4n) is 0.974. The largest absolute Gasteiger partial charge is 0.306 e. The van der Waals surface area contributed by atoms with Gasteiger partial charge < -0.3 is 5.32 Å². The maximum Gasteiger partial charge on any atom is 0.0637 e. The van der Waals surface area contributed by atoms with Gasteiger partial charge in [0, 0.05) is 26.2 Å². The van der Waals surface area contributed by atoms with E-state index in [-0.39, 0.29) is 0 Å². The minimum Gasteiger partial charge on any atom is -0.306 e. The Kier molecular flexibility index (Phi) is 3.36. The molecular formula is C9H13N3. The number of hydrogen-bond donors (Lipinski definition) is 1. The van der Waals surface area contributed by atoms with Crippen LogP contribution in [0.5, 0.6) is 0 Å². The van der Waals surface area contributed by atoms with Gasteiger partial charge in [-0.05, 0) is 6.07 Å². The molecule has 1 aromatic heterocycles. The first kappa shape index (κ1) is 8.82. The van der Waals surface area contributed by atoms with Crippen LogP contribution in [0.2, 0.25) is 0 Å². The van der Waals surface area contributed by atoms with Crippen LogP contribution in [-0.4, -0.2) is 22.9 Å². The summed E-state index contributed by atoms with van der Waals surface area (Å²) in [6.45, 7) is 1.52. The maximum absolute atomic E-state index is 5.08. The van der Waals surface area contributed by atoms with Gasteiger partial charge in [0.05, 0.1) is 12.2 Å². The molecule has 3 nitrogen and oxygen atoms in total. The van der Waals surface area contributed by atoms with Crippen molar-refractivity contribution in [1.29, 1.82) is 0 Å². The molecule has 1 aromatic rings. The van der Waals surface area contributed by atoms with Crippen LogP contribution in [0.4, 0.5) is 0 Å². The topological polar surface area (TPSA) is 29.9 Å². The lowest BCUT2D eigenvalue weighted by molar-refractivity contribution is 0.703. The predicted molar refractivity (Wildman–Crippen MR) is 48.6 cm³/mol. The van der Waals surface area contributed by atoms with Crippen molar-refractivity contribution in [2.75, 3.05) is 13.1 Å². The highest BCUT2D eigenvalue weighted by Gasteiger charge is 1.94. The summed E-state index contributed by atoms with van der Waals surface area (Å²) in [5, 5.41) is 7.34. The van der Waals surface area contributed by atoms with E-state index in [1.165, 1.54) is 0 Å². The van der Waals surface area contributed by atoms with Crippen molar-refractivity contribution in [1.82, 2.24) is 15.1 Å². The zero-order chi connectivity index (χ0) is 8.81. The molecule has 0 saturated carbocycles. The smallest absolute Gasteiger partial charge is 0.0637 e. The second-order valence-corrected chi connectivity index (χ2v) is 2.61. The number of aryl methyl sites for hydroxylation is 1. The second kappa shape index (κ2) is 4.58. The predicted octanol–water partition coefficient (Wildman–Crippen LogP) is 0.185. The van der Waals surface area contributed by atoms with Crippen LogP contribution in [0.3, 0.4) is 0 Å². The Hall–Kier alpha value is -1.27. The lowest BCUT2D eigenvalue weighted by Crippen LogP contribution is -2.17. The third kappa shape index (κ3) is 2.77. The third-order valence-corrected chi connectivity index (χ3v) is 1.55. The number of nitrogens with zero attached hydrogens (tertiary/aromatic N) is 2. The van der Waals surface area contributed by atoms with Crippen molar-refractivity contribution in [2.45, 2.75) is 6.42 Å². The summed E-state index contributed by atoms with van der Waals surface area (Å²) in [4.78, 5) is 0. The van der Waals surface area contributed by atoms with Crippen molar-refractivity contribution in [2.24, 2.45) is 7.05 Å². The van der Waals surface area contributed by atoms with Crippen LogP contribution in [0, 0.1) is 12.3 Å². The minimum absolute atomic E-state index is 0.632. The SMILES string of the molecule is C#CCNCCc1ccn(C)n1. The highest BCUT2D eigenvalue weighted by molar-refractivity contribution is 4.99. The van der Waals surface area contributed by atoms with Crippen molar-refractivity contribution < 1.29 is 0 Å². The van der Waals surface area contributed by atoms with Crippen LogP contribution in [0.25, 0.3) is 0 Å². The molecule has 1 N–H and O–H groups in total. The normalized spacial score (nSPS) is 9.67. The summed E-state index contributed by atoms with van der Waals surface area (Å²) in [5.41, 5.74) is 1.10. The van der Waals surface area contributed by atoms with E-state index in [2.05, 4.69) is 16.3 Å². The number of hydrogen-bond acceptors (Lipinski definition) is 2.